The van der Waals surface area contributed by atoms with Crippen LogP contribution in [0.3, 0.4) is 0 Å². The van der Waals surface area contributed by atoms with Crippen LogP contribution in [-0.2, 0) is 36.9 Å². The van der Waals surface area contributed by atoms with E-state index in [9.17, 15) is 14.4 Å². The van der Waals surface area contributed by atoms with E-state index in [1.165, 1.54) is 14.0 Å². The Morgan fingerprint density at radius 3 is 2.30 bits per heavy atom. The number of aldehydes is 1. The molecule has 2 fully saturated rings. The molecule has 0 bridgehead atoms. The molecule has 40 heavy (non-hydrogen) atoms. The van der Waals surface area contributed by atoms with Crippen LogP contribution in [0.2, 0.25) is 0 Å². The number of rotatable bonds is 10. The molecule has 2 N–H and O–H groups in total. The monoisotopic (exact) mass is 552 g/mol. The molecule has 0 unspecified atom stereocenters. The molecule has 216 valence electrons. The minimum atomic E-state index is -0.787. The van der Waals surface area contributed by atoms with Crippen molar-refractivity contribution in [1.29, 1.82) is 0 Å². The van der Waals surface area contributed by atoms with E-state index >= 15 is 0 Å². The number of nitrogens with one attached hydrogen (secondary N) is 2. The molecular weight excluding hydrogens is 512 g/mol. The first-order chi connectivity index (χ1) is 19.4. The molecule has 0 radical (unpaired) electrons. The van der Waals surface area contributed by atoms with Gasteiger partial charge in [-0.15, -0.1) is 0 Å². The largest absolute Gasteiger partial charge is 0.489 e. The summed E-state index contributed by atoms with van der Waals surface area (Å²) in [5, 5.41) is 6.08. The van der Waals surface area contributed by atoms with Crippen LogP contribution < -0.4 is 15.4 Å². The molecule has 2 saturated heterocycles. The van der Waals surface area contributed by atoms with Crippen molar-refractivity contribution in [1.82, 2.24) is 20.4 Å². The van der Waals surface area contributed by atoms with Gasteiger partial charge < -0.3 is 29.8 Å². The summed E-state index contributed by atoms with van der Waals surface area (Å²) in [5.74, 6) is 0.157. The fourth-order valence-corrected chi connectivity index (χ4v) is 4.72. The number of carbonyl (C=O) groups excluding carboxylic acids is 4. The fourth-order valence-electron chi connectivity index (χ4n) is 4.72. The fraction of sp³-hybridized carbons (Fsp3) is 0.467. The van der Waals surface area contributed by atoms with Gasteiger partial charge in [-0.25, -0.2) is 4.79 Å². The smallest absolute Gasteiger partial charge is 0.328 e. The van der Waals surface area contributed by atoms with Gasteiger partial charge in [0.05, 0.1) is 19.7 Å². The van der Waals surface area contributed by atoms with Crippen molar-refractivity contribution in [3.63, 3.8) is 0 Å². The van der Waals surface area contributed by atoms with Crippen molar-refractivity contribution in [3.05, 3.63) is 65.7 Å². The number of methoxy groups -OCH3 is 1. The van der Waals surface area contributed by atoms with Gasteiger partial charge in [-0.1, -0.05) is 42.5 Å². The molecule has 4 rings (SSSR count). The third kappa shape index (κ3) is 9.77. The van der Waals surface area contributed by atoms with Crippen molar-refractivity contribution < 1.29 is 28.7 Å². The third-order valence-corrected chi connectivity index (χ3v) is 6.84. The number of carbonyl (C=O) groups is 4. The van der Waals surface area contributed by atoms with Crippen LogP contribution in [0, 0.1) is 0 Å². The summed E-state index contributed by atoms with van der Waals surface area (Å²) in [4.78, 5) is 50.4. The molecule has 2 aromatic rings. The quantitative estimate of drug-likeness (QED) is 0.337. The average molecular weight is 553 g/mol. The van der Waals surface area contributed by atoms with Crippen LogP contribution in [0.25, 0.3) is 0 Å². The normalized spacial score (nSPS) is 17.6. The summed E-state index contributed by atoms with van der Waals surface area (Å²) in [6.45, 7) is 5.43. The highest BCUT2D eigenvalue weighted by molar-refractivity contribution is 5.86. The van der Waals surface area contributed by atoms with Gasteiger partial charge in [-0.05, 0) is 49.6 Å². The van der Waals surface area contributed by atoms with Gasteiger partial charge in [0, 0.05) is 32.6 Å². The number of amides is 2. The lowest BCUT2D eigenvalue weighted by Gasteiger charge is -2.35. The lowest BCUT2D eigenvalue weighted by atomic mass is 10.1. The van der Waals surface area contributed by atoms with E-state index in [-0.39, 0.29) is 24.4 Å². The topological polar surface area (TPSA) is 117 Å². The summed E-state index contributed by atoms with van der Waals surface area (Å²) in [5.41, 5.74) is 1.97. The highest BCUT2D eigenvalue weighted by Crippen LogP contribution is 2.16. The maximum atomic E-state index is 12.8. The molecule has 2 heterocycles. The van der Waals surface area contributed by atoms with E-state index in [4.69, 9.17) is 14.3 Å². The van der Waals surface area contributed by atoms with Crippen LogP contribution in [0.15, 0.2) is 54.6 Å². The molecule has 0 aromatic heterocycles. The van der Waals surface area contributed by atoms with E-state index in [1.807, 2.05) is 64.4 Å². The van der Waals surface area contributed by atoms with Crippen LogP contribution in [0.1, 0.15) is 30.9 Å². The van der Waals surface area contributed by atoms with Gasteiger partial charge in [0.15, 0.2) is 0 Å². The number of ether oxygens (including phenoxy) is 2. The zero-order valence-electron chi connectivity index (χ0n) is 23.3. The minimum Gasteiger partial charge on any atom is -0.489 e. The van der Waals surface area contributed by atoms with E-state index in [2.05, 4.69) is 10.6 Å². The lowest BCUT2D eigenvalue weighted by Crippen LogP contribution is -2.55. The second kappa shape index (κ2) is 16.4. The van der Waals surface area contributed by atoms with Gasteiger partial charge in [0.25, 0.3) is 0 Å². The molecule has 2 aliphatic rings. The number of nitrogens with zero attached hydrogens (tertiary/aromatic N) is 2. The molecule has 10 nitrogen and oxygen atoms in total. The highest BCUT2D eigenvalue weighted by atomic mass is 16.5. The summed E-state index contributed by atoms with van der Waals surface area (Å²) in [6.07, 6.45) is 2.98. The second-order valence-corrected chi connectivity index (χ2v) is 9.75. The van der Waals surface area contributed by atoms with Crippen LogP contribution in [0.4, 0.5) is 0 Å². The first-order valence-corrected chi connectivity index (χ1v) is 13.7. The molecule has 2 aromatic carbocycles. The molecule has 2 amide bonds. The van der Waals surface area contributed by atoms with E-state index in [1.54, 1.807) is 0 Å². The van der Waals surface area contributed by atoms with Crippen LogP contribution >= 0.6 is 0 Å². The van der Waals surface area contributed by atoms with Crippen molar-refractivity contribution in [2.45, 2.75) is 44.9 Å². The van der Waals surface area contributed by atoms with Crippen molar-refractivity contribution in [3.8, 4) is 5.75 Å². The first-order valence-electron chi connectivity index (χ1n) is 13.7. The second-order valence-electron chi connectivity index (χ2n) is 9.75. The summed E-state index contributed by atoms with van der Waals surface area (Å²) in [7, 11) is 1.32. The molecule has 2 atom stereocenters. The predicted octanol–water partition coefficient (Wildman–Crippen LogP) is 1.57. The Labute approximate surface area is 236 Å². The minimum absolute atomic E-state index is 0.0693. The highest BCUT2D eigenvalue weighted by Gasteiger charge is 2.30. The zero-order valence-corrected chi connectivity index (χ0v) is 23.3. The Balaban J connectivity index is 0.00000141. The van der Waals surface area contributed by atoms with Gasteiger partial charge in [-0.2, -0.15) is 0 Å². The van der Waals surface area contributed by atoms with E-state index < -0.39 is 12.0 Å². The van der Waals surface area contributed by atoms with Gasteiger partial charge in [-0.3, -0.25) is 14.5 Å². The van der Waals surface area contributed by atoms with Gasteiger partial charge in [0.1, 0.15) is 24.7 Å². The van der Waals surface area contributed by atoms with Crippen LogP contribution in [-0.4, -0.2) is 92.3 Å². The number of esters is 1. The molecular formula is C30H40N4O6. The standard InChI is InChI=1S/C28H36N4O5.C2H4O/c1-36-28(35)25(18-21-9-11-23(12-10-21)37-20-22-6-3-2-4-7-22)30-26(33)19-31-14-16-32(17-15-31)27(34)24-8-5-13-29-24;1-2-3/h2-4,6-7,9-12,24-25,29H,5,8,13-20H2,1H3,(H,30,33);2H,1H3/t24-,25-;/m0./s1. The Bertz CT molecular complexity index is 1080. The zero-order chi connectivity index (χ0) is 28.7. The number of benzene rings is 2. The van der Waals surface area contributed by atoms with Crippen molar-refractivity contribution >= 4 is 24.1 Å². The SMILES string of the molecule is CC=O.COC(=O)[C@H](Cc1ccc(OCc2ccccc2)cc1)NC(=O)CN1CCN(C(=O)[C@@H]2CCCN2)CC1. The average Bonchev–Trinajstić information content (AvgIpc) is 3.52. The predicted molar refractivity (Wildman–Crippen MR) is 151 cm³/mol. The Hall–Kier alpha value is -3.76. The first kappa shape index (κ1) is 30.8. The lowest BCUT2D eigenvalue weighted by molar-refractivity contribution is -0.145. The van der Waals surface area contributed by atoms with Gasteiger partial charge in [0.2, 0.25) is 11.8 Å². The molecule has 10 heteroatoms. The summed E-state index contributed by atoms with van der Waals surface area (Å²) >= 11 is 0. The van der Waals surface area contributed by atoms with E-state index in [0.29, 0.717) is 39.2 Å². The van der Waals surface area contributed by atoms with Crippen molar-refractivity contribution in [2.24, 2.45) is 0 Å². The Morgan fingerprint density at radius 2 is 1.70 bits per heavy atom. The Morgan fingerprint density at radius 1 is 1.02 bits per heavy atom. The van der Waals surface area contributed by atoms with E-state index in [0.717, 1.165) is 42.5 Å². The molecule has 2 aliphatic heterocycles. The summed E-state index contributed by atoms with van der Waals surface area (Å²) < 4.78 is 10.8. The molecule has 0 saturated carbocycles. The van der Waals surface area contributed by atoms with Gasteiger partial charge >= 0.3 is 5.97 Å². The Kier molecular flexibility index (Phi) is 12.6. The number of hydrogen-bond acceptors (Lipinski definition) is 8. The number of piperazine rings is 1. The maximum Gasteiger partial charge on any atom is 0.328 e. The number of hydrogen-bond donors (Lipinski definition) is 2. The maximum absolute atomic E-state index is 12.8. The van der Waals surface area contributed by atoms with Crippen LogP contribution in [0.5, 0.6) is 5.75 Å². The summed E-state index contributed by atoms with van der Waals surface area (Å²) in [6, 6.07) is 16.5. The van der Waals surface area contributed by atoms with Crippen molar-refractivity contribution in [2.75, 3.05) is 46.4 Å². The molecule has 0 aliphatic carbocycles. The third-order valence-electron chi connectivity index (χ3n) is 6.84. The molecule has 0 spiro atoms.